The zero-order valence-electron chi connectivity index (χ0n) is 13.0. The first kappa shape index (κ1) is 19.6. The Hall–Kier alpha value is -0.380. The SMILES string of the molecule is C=CCCCCCCCCCC[C@@H](O)C[C@@H](O)CCO. The van der Waals surface area contributed by atoms with Gasteiger partial charge in [0.25, 0.3) is 0 Å². The average molecular weight is 286 g/mol. The molecule has 0 rings (SSSR count). The molecule has 0 aliphatic heterocycles. The van der Waals surface area contributed by atoms with Gasteiger partial charge in [-0.1, -0.05) is 51.0 Å². The van der Waals surface area contributed by atoms with Gasteiger partial charge in [0.15, 0.2) is 0 Å². The number of rotatable bonds is 15. The number of aliphatic hydroxyl groups excluding tert-OH is 3. The number of unbranched alkanes of at least 4 members (excludes halogenated alkanes) is 8. The van der Waals surface area contributed by atoms with Gasteiger partial charge in [-0.15, -0.1) is 6.58 Å². The molecule has 0 aromatic rings. The summed E-state index contributed by atoms with van der Waals surface area (Å²) in [5.74, 6) is 0. The molecule has 0 amide bonds. The summed E-state index contributed by atoms with van der Waals surface area (Å²) in [6.07, 6.45) is 13.6. The molecule has 0 heterocycles. The van der Waals surface area contributed by atoms with Crippen molar-refractivity contribution in [3.63, 3.8) is 0 Å². The maximum atomic E-state index is 9.72. The van der Waals surface area contributed by atoms with Crippen molar-refractivity contribution in [3.05, 3.63) is 12.7 Å². The van der Waals surface area contributed by atoms with Crippen molar-refractivity contribution in [3.8, 4) is 0 Å². The molecule has 0 aromatic carbocycles. The van der Waals surface area contributed by atoms with Crippen molar-refractivity contribution in [2.75, 3.05) is 6.61 Å². The van der Waals surface area contributed by atoms with Gasteiger partial charge < -0.3 is 15.3 Å². The number of allylic oxidation sites excluding steroid dienone is 1. The van der Waals surface area contributed by atoms with Crippen molar-refractivity contribution in [1.29, 1.82) is 0 Å². The van der Waals surface area contributed by atoms with Crippen LogP contribution in [-0.4, -0.2) is 34.1 Å². The Morgan fingerprint density at radius 3 is 1.80 bits per heavy atom. The lowest BCUT2D eigenvalue weighted by Crippen LogP contribution is -2.18. The van der Waals surface area contributed by atoms with Gasteiger partial charge in [0.2, 0.25) is 0 Å². The zero-order chi connectivity index (χ0) is 15.1. The highest BCUT2D eigenvalue weighted by molar-refractivity contribution is 4.65. The normalized spacial score (nSPS) is 14.2. The van der Waals surface area contributed by atoms with E-state index in [0.717, 1.165) is 19.3 Å². The van der Waals surface area contributed by atoms with Crippen molar-refractivity contribution in [2.24, 2.45) is 0 Å². The Balaban J connectivity index is 3.20. The minimum absolute atomic E-state index is 0.0132. The van der Waals surface area contributed by atoms with E-state index in [0.29, 0.717) is 12.8 Å². The predicted octanol–water partition coefficient (Wildman–Crippen LogP) is 3.57. The van der Waals surface area contributed by atoms with Crippen LogP contribution in [0.15, 0.2) is 12.7 Å². The third kappa shape index (κ3) is 14.0. The summed E-state index contributed by atoms with van der Waals surface area (Å²) < 4.78 is 0. The van der Waals surface area contributed by atoms with E-state index in [1.165, 1.54) is 44.9 Å². The van der Waals surface area contributed by atoms with Gasteiger partial charge in [-0.05, 0) is 32.1 Å². The van der Waals surface area contributed by atoms with Gasteiger partial charge in [0, 0.05) is 6.61 Å². The van der Waals surface area contributed by atoms with Gasteiger partial charge in [-0.3, -0.25) is 0 Å². The molecular weight excluding hydrogens is 252 g/mol. The molecule has 2 atom stereocenters. The molecule has 0 bridgehead atoms. The molecule has 0 aromatic heterocycles. The molecule has 3 heteroatoms. The second kappa shape index (κ2) is 15.0. The van der Waals surface area contributed by atoms with Gasteiger partial charge >= 0.3 is 0 Å². The standard InChI is InChI=1S/C17H34O3/c1-2-3-4-5-6-7-8-9-10-11-12-16(19)15-17(20)13-14-18/h2,16-20H,1,3-15H2/t16-,17+/m1/s1. The molecule has 20 heavy (non-hydrogen) atoms. The highest BCUT2D eigenvalue weighted by Gasteiger charge is 2.10. The average Bonchev–Trinajstić information content (AvgIpc) is 2.41. The molecule has 3 N–H and O–H groups in total. The summed E-state index contributed by atoms with van der Waals surface area (Å²) in [4.78, 5) is 0. The van der Waals surface area contributed by atoms with Gasteiger partial charge in [-0.25, -0.2) is 0 Å². The molecule has 0 unspecified atom stereocenters. The van der Waals surface area contributed by atoms with Crippen molar-refractivity contribution in [2.45, 2.75) is 89.3 Å². The van der Waals surface area contributed by atoms with Crippen LogP contribution in [0.25, 0.3) is 0 Å². The van der Waals surface area contributed by atoms with Gasteiger partial charge in [0.1, 0.15) is 0 Å². The second-order valence-corrected chi connectivity index (χ2v) is 5.75. The summed E-state index contributed by atoms with van der Waals surface area (Å²) in [6, 6.07) is 0. The number of hydrogen-bond acceptors (Lipinski definition) is 3. The molecule has 120 valence electrons. The van der Waals surface area contributed by atoms with E-state index in [9.17, 15) is 10.2 Å². The van der Waals surface area contributed by atoms with Crippen molar-refractivity contribution < 1.29 is 15.3 Å². The first-order valence-electron chi connectivity index (χ1n) is 8.28. The minimum atomic E-state index is -0.564. The van der Waals surface area contributed by atoms with Crippen LogP contribution in [0.4, 0.5) is 0 Å². The van der Waals surface area contributed by atoms with Crippen LogP contribution in [-0.2, 0) is 0 Å². The summed E-state index contributed by atoms with van der Waals surface area (Å²) in [6.45, 7) is 3.71. The summed E-state index contributed by atoms with van der Waals surface area (Å²) in [5, 5.41) is 27.8. The third-order valence-corrected chi connectivity index (χ3v) is 3.70. The summed E-state index contributed by atoms with van der Waals surface area (Å²) >= 11 is 0. The van der Waals surface area contributed by atoms with E-state index >= 15 is 0 Å². The zero-order valence-corrected chi connectivity index (χ0v) is 13.0. The van der Waals surface area contributed by atoms with Crippen LogP contribution in [0.2, 0.25) is 0 Å². The fourth-order valence-corrected chi connectivity index (χ4v) is 2.43. The maximum Gasteiger partial charge on any atom is 0.0586 e. The Morgan fingerprint density at radius 1 is 0.750 bits per heavy atom. The second-order valence-electron chi connectivity index (χ2n) is 5.75. The Kier molecular flexibility index (Phi) is 14.7. The molecule has 0 saturated heterocycles. The monoisotopic (exact) mass is 286 g/mol. The predicted molar refractivity (Wildman–Crippen MR) is 84.7 cm³/mol. The van der Waals surface area contributed by atoms with Gasteiger partial charge in [-0.2, -0.15) is 0 Å². The maximum absolute atomic E-state index is 9.72. The van der Waals surface area contributed by atoms with Crippen molar-refractivity contribution in [1.82, 2.24) is 0 Å². The minimum Gasteiger partial charge on any atom is -0.396 e. The highest BCUT2D eigenvalue weighted by Crippen LogP contribution is 2.13. The number of aliphatic hydroxyl groups is 3. The lowest BCUT2D eigenvalue weighted by Gasteiger charge is -2.14. The third-order valence-electron chi connectivity index (χ3n) is 3.70. The van der Waals surface area contributed by atoms with Crippen LogP contribution in [0, 0.1) is 0 Å². The molecule has 0 fully saturated rings. The van der Waals surface area contributed by atoms with E-state index in [2.05, 4.69) is 6.58 Å². The van der Waals surface area contributed by atoms with Crippen LogP contribution < -0.4 is 0 Å². The molecule has 3 nitrogen and oxygen atoms in total. The smallest absolute Gasteiger partial charge is 0.0586 e. The first-order valence-corrected chi connectivity index (χ1v) is 8.28. The van der Waals surface area contributed by atoms with Crippen molar-refractivity contribution >= 4 is 0 Å². The number of hydrogen-bond donors (Lipinski definition) is 3. The van der Waals surface area contributed by atoms with E-state index < -0.39 is 12.2 Å². The lowest BCUT2D eigenvalue weighted by molar-refractivity contribution is 0.0591. The molecular formula is C17H34O3. The van der Waals surface area contributed by atoms with Crippen LogP contribution in [0.5, 0.6) is 0 Å². The molecule has 0 radical (unpaired) electrons. The Labute approximate surface area is 124 Å². The molecule has 0 saturated carbocycles. The fourth-order valence-electron chi connectivity index (χ4n) is 2.43. The highest BCUT2D eigenvalue weighted by atomic mass is 16.3. The van der Waals surface area contributed by atoms with E-state index in [4.69, 9.17) is 5.11 Å². The topological polar surface area (TPSA) is 60.7 Å². The fraction of sp³-hybridized carbons (Fsp3) is 0.882. The van der Waals surface area contributed by atoms with Gasteiger partial charge in [0.05, 0.1) is 12.2 Å². The largest absolute Gasteiger partial charge is 0.396 e. The molecule has 0 aliphatic carbocycles. The van der Waals surface area contributed by atoms with Crippen LogP contribution >= 0.6 is 0 Å². The van der Waals surface area contributed by atoms with Crippen LogP contribution in [0.1, 0.15) is 77.0 Å². The Morgan fingerprint density at radius 2 is 1.25 bits per heavy atom. The van der Waals surface area contributed by atoms with E-state index in [-0.39, 0.29) is 6.61 Å². The quantitative estimate of drug-likeness (QED) is 0.318. The summed E-state index contributed by atoms with van der Waals surface area (Å²) in [7, 11) is 0. The first-order chi connectivity index (χ1) is 9.70. The van der Waals surface area contributed by atoms with Crippen LogP contribution in [0.3, 0.4) is 0 Å². The molecule has 0 aliphatic rings. The van der Waals surface area contributed by atoms with E-state index in [1.807, 2.05) is 6.08 Å². The van der Waals surface area contributed by atoms with E-state index in [1.54, 1.807) is 0 Å². The summed E-state index contributed by atoms with van der Waals surface area (Å²) in [5.41, 5.74) is 0. The lowest BCUT2D eigenvalue weighted by atomic mass is 10.0. The molecule has 0 spiro atoms. The Bertz CT molecular complexity index is 206.